The number of aromatic carboxylic acids is 1. The Labute approximate surface area is 108 Å². The molecule has 1 heterocycles. The number of nitrogens with zero attached hydrogens (tertiary/aromatic N) is 2. The fraction of sp³-hybridized carbons (Fsp3) is 0.167. The summed E-state index contributed by atoms with van der Waals surface area (Å²) in [6.07, 6.45) is 0. The number of carboxylic acids is 1. The van der Waals surface area contributed by atoms with Crippen LogP contribution in [0.4, 0.5) is 5.69 Å². The lowest BCUT2D eigenvalue weighted by atomic mass is 10.1. The van der Waals surface area contributed by atoms with Crippen LogP contribution in [0.3, 0.4) is 0 Å². The van der Waals surface area contributed by atoms with Crippen molar-refractivity contribution in [2.24, 2.45) is 0 Å². The van der Waals surface area contributed by atoms with E-state index in [2.05, 4.69) is 15.5 Å². The molecule has 0 atom stereocenters. The molecular formula is C12H11N3O4. The number of carboxylic acid groups (broad SMARTS) is 1. The highest BCUT2D eigenvalue weighted by Crippen LogP contribution is 2.19. The van der Waals surface area contributed by atoms with E-state index in [0.29, 0.717) is 11.3 Å². The maximum Gasteiger partial charge on any atom is 0.336 e. The smallest absolute Gasteiger partial charge is 0.336 e. The number of amides is 1. The number of aromatic nitrogens is 2. The topological polar surface area (TPSA) is 105 Å². The van der Waals surface area contributed by atoms with Gasteiger partial charge >= 0.3 is 5.97 Å². The third-order valence-electron chi connectivity index (χ3n) is 2.54. The van der Waals surface area contributed by atoms with Gasteiger partial charge in [-0.1, -0.05) is 11.2 Å². The van der Waals surface area contributed by atoms with Crippen molar-refractivity contribution in [3.63, 3.8) is 0 Å². The molecule has 19 heavy (non-hydrogen) atoms. The summed E-state index contributed by atoms with van der Waals surface area (Å²) in [6, 6.07) is 4.62. The zero-order chi connectivity index (χ0) is 14.0. The van der Waals surface area contributed by atoms with Crippen molar-refractivity contribution < 1.29 is 19.2 Å². The lowest BCUT2D eigenvalue weighted by Crippen LogP contribution is -2.15. The molecule has 0 saturated heterocycles. The van der Waals surface area contributed by atoms with Gasteiger partial charge < -0.3 is 14.9 Å². The van der Waals surface area contributed by atoms with Gasteiger partial charge in [-0.25, -0.2) is 4.79 Å². The Morgan fingerprint density at radius 1 is 1.32 bits per heavy atom. The largest absolute Gasteiger partial charge is 0.478 e. The van der Waals surface area contributed by atoms with E-state index in [9.17, 15) is 9.59 Å². The van der Waals surface area contributed by atoms with Crippen molar-refractivity contribution in [3.05, 3.63) is 41.0 Å². The Bertz CT molecular complexity index is 648. The molecule has 0 radical (unpaired) electrons. The number of hydrogen-bond donors (Lipinski definition) is 2. The number of carbonyl (C=O) groups is 2. The van der Waals surface area contributed by atoms with Gasteiger partial charge in [-0.15, -0.1) is 0 Å². The van der Waals surface area contributed by atoms with Gasteiger partial charge in [-0.05, 0) is 24.6 Å². The molecule has 0 fully saturated rings. The number of nitrogens with one attached hydrogen (secondary N) is 1. The molecule has 0 spiro atoms. The van der Waals surface area contributed by atoms with Crippen LogP contribution in [0.25, 0.3) is 0 Å². The van der Waals surface area contributed by atoms with E-state index < -0.39 is 11.9 Å². The quantitative estimate of drug-likeness (QED) is 0.870. The average Bonchev–Trinajstić information content (AvgIpc) is 2.78. The minimum atomic E-state index is -1.05. The number of rotatable bonds is 3. The monoisotopic (exact) mass is 261 g/mol. The molecule has 0 aliphatic carbocycles. The molecule has 0 unspecified atom stereocenters. The predicted octanol–water partition coefficient (Wildman–Crippen LogP) is 1.64. The maximum atomic E-state index is 11.8. The van der Waals surface area contributed by atoms with Crippen molar-refractivity contribution in [1.82, 2.24) is 10.1 Å². The molecule has 7 nitrogen and oxygen atoms in total. The highest BCUT2D eigenvalue weighted by molar-refractivity contribution is 6.03. The standard InChI is InChI=1S/C12H11N3O4/c1-6-8(12(17)18)4-3-5-9(6)14-11(16)10-13-7(2)19-15-10/h3-5H,1-2H3,(H,14,16)(H,17,18). The molecule has 7 heteroatoms. The molecule has 1 amide bonds. The van der Waals surface area contributed by atoms with E-state index >= 15 is 0 Å². The summed E-state index contributed by atoms with van der Waals surface area (Å²) in [5, 5.41) is 15.0. The highest BCUT2D eigenvalue weighted by atomic mass is 16.5. The second kappa shape index (κ2) is 4.89. The summed E-state index contributed by atoms with van der Waals surface area (Å²) in [7, 11) is 0. The van der Waals surface area contributed by atoms with Crippen molar-refractivity contribution in [1.29, 1.82) is 0 Å². The fourth-order valence-corrected chi connectivity index (χ4v) is 1.57. The predicted molar refractivity (Wildman–Crippen MR) is 65.1 cm³/mol. The summed E-state index contributed by atoms with van der Waals surface area (Å²) in [5.74, 6) is -1.43. The normalized spacial score (nSPS) is 10.2. The lowest BCUT2D eigenvalue weighted by molar-refractivity contribution is 0.0695. The van der Waals surface area contributed by atoms with E-state index in [1.165, 1.54) is 6.07 Å². The molecule has 0 aliphatic rings. The summed E-state index contributed by atoms with van der Waals surface area (Å²) in [5.41, 5.74) is 0.984. The molecule has 98 valence electrons. The van der Waals surface area contributed by atoms with Crippen molar-refractivity contribution in [3.8, 4) is 0 Å². The van der Waals surface area contributed by atoms with Crippen LogP contribution < -0.4 is 5.32 Å². The van der Waals surface area contributed by atoms with E-state index in [1.807, 2.05) is 0 Å². The fourth-order valence-electron chi connectivity index (χ4n) is 1.57. The molecule has 0 aliphatic heterocycles. The van der Waals surface area contributed by atoms with E-state index in [4.69, 9.17) is 9.63 Å². The Kier molecular flexibility index (Phi) is 3.28. The van der Waals surface area contributed by atoms with Crippen molar-refractivity contribution in [2.75, 3.05) is 5.32 Å². The summed E-state index contributed by atoms with van der Waals surface area (Å²) in [4.78, 5) is 26.6. The van der Waals surface area contributed by atoms with Gasteiger partial charge in [0, 0.05) is 12.6 Å². The number of aryl methyl sites for hydroxylation is 1. The first kappa shape index (κ1) is 12.7. The number of anilines is 1. The molecule has 0 bridgehead atoms. The Balaban J connectivity index is 2.27. The van der Waals surface area contributed by atoms with Crippen LogP contribution in [0.15, 0.2) is 22.7 Å². The number of carbonyl (C=O) groups excluding carboxylic acids is 1. The molecule has 2 N–H and O–H groups in total. The zero-order valence-corrected chi connectivity index (χ0v) is 10.3. The first-order valence-electron chi connectivity index (χ1n) is 5.43. The summed E-state index contributed by atoms with van der Waals surface area (Å²) < 4.78 is 4.70. The van der Waals surface area contributed by atoms with Gasteiger partial charge in [0.2, 0.25) is 5.89 Å². The molecular weight excluding hydrogens is 250 g/mol. The first-order valence-corrected chi connectivity index (χ1v) is 5.43. The van der Waals surface area contributed by atoms with Gasteiger partial charge in [0.05, 0.1) is 5.56 Å². The van der Waals surface area contributed by atoms with E-state index in [-0.39, 0.29) is 17.3 Å². The SMILES string of the molecule is Cc1nc(C(=O)Nc2cccc(C(=O)O)c2C)no1. The zero-order valence-electron chi connectivity index (χ0n) is 10.3. The van der Waals surface area contributed by atoms with E-state index in [0.717, 1.165) is 0 Å². The minimum absolute atomic E-state index is 0.0994. The van der Waals surface area contributed by atoms with Gasteiger partial charge in [-0.2, -0.15) is 4.98 Å². The molecule has 2 rings (SSSR count). The summed E-state index contributed by atoms with van der Waals surface area (Å²) >= 11 is 0. The van der Waals surface area contributed by atoms with Crippen LogP contribution in [-0.2, 0) is 0 Å². The van der Waals surface area contributed by atoms with Crippen molar-refractivity contribution in [2.45, 2.75) is 13.8 Å². The Morgan fingerprint density at radius 2 is 2.05 bits per heavy atom. The second-order valence-corrected chi connectivity index (χ2v) is 3.87. The van der Waals surface area contributed by atoms with Crippen LogP contribution in [0.2, 0.25) is 0 Å². The van der Waals surface area contributed by atoms with Gasteiger partial charge in [0.15, 0.2) is 0 Å². The van der Waals surface area contributed by atoms with Gasteiger partial charge in [-0.3, -0.25) is 4.79 Å². The Morgan fingerprint density at radius 3 is 2.63 bits per heavy atom. The highest BCUT2D eigenvalue weighted by Gasteiger charge is 2.16. The maximum absolute atomic E-state index is 11.8. The van der Waals surface area contributed by atoms with Crippen LogP contribution in [0.1, 0.15) is 32.4 Å². The number of benzene rings is 1. The minimum Gasteiger partial charge on any atom is -0.478 e. The average molecular weight is 261 g/mol. The van der Waals surface area contributed by atoms with Crippen LogP contribution in [0, 0.1) is 13.8 Å². The van der Waals surface area contributed by atoms with Crippen LogP contribution in [-0.4, -0.2) is 27.1 Å². The third-order valence-corrected chi connectivity index (χ3v) is 2.54. The van der Waals surface area contributed by atoms with Crippen LogP contribution >= 0.6 is 0 Å². The Hall–Kier alpha value is -2.70. The van der Waals surface area contributed by atoms with Gasteiger partial charge in [0.1, 0.15) is 0 Å². The van der Waals surface area contributed by atoms with Crippen LogP contribution in [0.5, 0.6) is 0 Å². The first-order chi connectivity index (χ1) is 8.99. The molecule has 1 aromatic heterocycles. The summed E-state index contributed by atoms with van der Waals surface area (Å²) in [6.45, 7) is 3.18. The van der Waals surface area contributed by atoms with Crippen molar-refractivity contribution >= 4 is 17.6 Å². The number of hydrogen-bond acceptors (Lipinski definition) is 5. The third kappa shape index (κ3) is 2.59. The second-order valence-electron chi connectivity index (χ2n) is 3.87. The molecule has 2 aromatic rings. The molecule has 0 saturated carbocycles. The lowest BCUT2D eigenvalue weighted by Gasteiger charge is -2.08. The molecule has 1 aromatic carbocycles. The van der Waals surface area contributed by atoms with E-state index in [1.54, 1.807) is 26.0 Å². The van der Waals surface area contributed by atoms with Gasteiger partial charge in [0.25, 0.3) is 11.7 Å².